The summed E-state index contributed by atoms with van der Waals surface area (Å²) in [5.41, 5.74) is 6.41. The Bertz CT molecular complexity index is 978. The lowest BCUT2D eigenvalue weighted by atomic mass is 9.91. The molecule has 0 N–H and O–H groups in total. The van der Waals surface area contributed by atoms with Crippen molar-refractivity contribution in [1.29, 1.82) is 0 Å². The number of nitrogens with zero attached hydrogens (tertiary/aromatic N) is 1. The van der Waals surface area contributed by atoms with Gasteiger partial charge in [0, 0.05) is 11.1 Å². The molecule has 0 atom stereocenters. The Morgan fingerprint density at radius 1 is 0.516 bits per heavy atom. The van der Waals surface area contributed by atoms with Crippen LogP contribution in [0.15, 0.2) is 132 Å². The normalized spacial score (nSPS) is 10.9. The summed E-state index contributed by atoms with van der Waals surface area (Å²) in [5.74, 6) is 0. The fraction of sp³-hybridized carbons (Fsp3) is 0.100. The van der Waals surface area contributed by atoms with Gasteiger partial charge in [-0.3, -0.25) is 4.99 Å². The van der Waals surface area contributed by atoms with Gasteiger partial charge in [0.15, 0.2) is 0 Å². The summed E-state index contributed by atoms with van der Waals surface area (Å²) in [7, 11) is 0. The quantitative estimate of drug-likeness (QED) is 0.298. The topological polar surface area (TPSA) is 12.4 Å². The highest BCUT2D eigenvalue weighted by Gasteiger charge is 2.19. The zero-order chi connectivity index (χ0) is 21.5. The molecule has 1 nitrogen and oxygen atoms in total. The Balaban J connectivity index is 1.85. The minimum absolute atomic E-state index is 0.415. The third-order valence-corrected chi connectivity index (χ3v) is 5.16. The van der Waals surface area contributed by atoms with Crippen LogP contribution in [0.4, 0.5) is 0 Å². The Kier molecular flexibility index (Phi) is 6.24. The number of aliphatic imine (C=N–C) groups is 1. The molecule has 0 saturated carbocycles. The smallest absolute Gasteiger partial charge is 0.0748 e. The molecule has 31 heavy (non-hydrogen) atoms. The lowest BCUT2D eigenvalue weighted by Gasteiger charge is -2.21. The first-order valence-corrected chi connectivity index (χ1v) is 10.7. The predicted octanol–water partition coefficient (Wildman–Crippen LogP) is 7.43. The molecular weight excluding hydrogens is 374 g/mol. The fourth-order valence-electron chi connectivity index (χ4n) is 3.73. The Labute approximate surface area is 185 Å². The van der Waals surface area contributed by atoms with Crippen molar-refractivity contribution in [3.63, 3.8) is 0 Å². The molecule has 0 radical (unpaired) electrons. The number of hydrogen-bond acceptors (Lipinski definition) is 1. The average molecular weight is 402 g/mol. The maximum absolute atomic E-state index is 5.28. The van der Waals surface area contributed by atoms with E-state index in [1.54, 1.807) is 0 Å². The zero-order valence-corrected chi connectivity index (χ0v) is 18.1. The summed E-state index contributed by atoms with van der Waals surface area (Å²) in [4.78, 5) is 5.28. The molecule has 4 aromatic rings. The van der Waals surface area contributed by atoms with Crippen molar-refractivity contribution in [2.24, 2.45) is 4.99 Å². The van der Waals surface area contributed by atoms with Crippen molar-refractivity contribution in [2.75, 3.05) is 0 Å². The van der Waals surface area contributed by atoms with Crippen LogP contribution < -0.4 is 0 Å². The van der Waals surface area contributed by atoms with Gasteiger partial charge in [0.05, 0.1) is 11.3 Å². The van der Waals surface area contributed by atoms with Gasteiger partial charge in [0.1, 0.15) is 0 Å². The number of hydrogen-bond donors (Lipinski definition) is 0. The first-order valence-electron chi connectivity index (χ1n) is 10.7. The van der Waals surface area contributed by atoms with Gasteiger partial charge in [0.2, 0.25) is 0 Å². The minimum atomic E-state index is -0.415. The van der Waals surface area contributed by atoms with E-state index in [2.05, 4.69) is 129 Å². The number of rotatable bonds is 6. The average Bonchev–Trinajstić information content (AvgIpc) is 2.83. The molecule has 0 amide bonds. The molecule has 0 aliphatic rings. The van der Waals surface area contributed by atoms with E-state index >= 15 is 0 Å². The van der Waals surface area contributed by atoms with E-state index in [-0.39, 0.29) is 0 Å². The summed E-state index contributed by atoms with van der Waals surface area (Å²) < 4.78 is 0. The third kappa shape index (κ3) is 5.26. The summed E-state index contributed by atoms with van der Waals surface area (Å²) in [6, 6.07) is 41.9. The van der Waals surface area contributed by atoms with Crippen LogP contribution in [0.2, 0.25) is 0 Å². The molecule has 0 saturated heterocycles. The highest BCUT2D eigenvalue weighted by Crippen LogP contribution is 2.28. The molecule has 0 spiro atoms. The largest absolute Gasteiger partial charge is 0.274 e. The molecule has 0 unspecified atom stereocenters. The van der Waals surface area contributed by atoms with Gasteiger partial charge < -0.3 is 0 Å². The second-order valence-electron chi connectivity index (χ2n) is 8.14. The van der Waals surface area contributed by atoms with Gasteiger partial charge in [-0.1, -0.05) is 121 Å². The molecule has 0 aliphatic carbocycles. The Hall–Kier alpha value is -3.71. The van der Waals surface area contributed by atoms with E-state index in [1.807, 2.05) is 12.1 Å². The Morgan fingerprint density at radius 2 is 0.839 bits per heavy atom. The lowest BCUT2D eigenvalue weighted by molar-refractivity contribution is 0.660. The molecular formula is C30H27N. The van der Waals surface area contributed by atoms with E-state index in [9.17, 15) is 0 Å². The molecule has 4 rings (SSSR count). The molecule has 1 heteroatoms. The van der Waals surface area contributed by atoms with Crippen LogP contribution in [0.1, 0.15) is 36.1 Å². The molecule has 0 aromatic heterocycles. The summed E-state index contributed by atoms with van der Waals surface area (Å²) in [6.45, 7) is 4.34. The maximum Gasteiger partial charge on any atom is 0.0748 e. The van der Waals surface area contributed by atoms with Crippen LogP contribution in [0, 0.1) is 0 Å². The van der Waals surface area contributed by atoms with Crippen molar-refractivity contribution < 1.29 is 0 Å². The van der Waals surface area contributed by atoms with Crippen LogP contribution in [0.5, 0.6) is 0 Å². The third-order valence-electron chi connectivity index (χ3n) is 5.16. The Morgan fingerprint density at radius 3 is 1.19 bits per heavy atom. The molecule has 0 fully saturated rings. The van der Waals surface area contributed by atoms with Gasteiger partial charge in [-0.05, 0) is 36.6 Å². The van der Waals surface area contributed by atoms with Crippen molar-refractivity contribution in [2.45, 2.75) is 19.4 Å². The second kappa shape index (κ2) is 9.40. The van der Waals surface area contributed by atoms with Crippen molar-refractivity contribution in [3.05, 3.63) is 150 Å². The van der Waals surface area contributed by atoms with Gasteiger partial charge in [-0.25, -0.2) is 0 Å². The molecule has 0 bridgehead atoms. The molecule has 152 valence electrons. The second-order valence-corrected chi connectivity index (χ2v) is 8.14. The van der Waals surface area contributed by atoms with E-state index in [4.69, 9.17) is 4.99 Å². The summed E-state index contributed by atoms with van der Waals surface area (Å²) >= 11 is 0. The van der Waals surface area contributed by atoms with Crippen LogP contribution in [-0.4, -0.2) is 11.3 Å². The van der Waals surface area contributed by atoms with Gasteiger partial charge in [-0.2, -0.15) is 0 Å². The van der Waals surface area contributed by atoms with Crippen LogP contribution >= 0.6 is 0 Å². The highest BCUT2D eigenvalue weighted by molar-refractivity contribution is 6.13. The highest BCUT2D eigenvalue weighted by atomic mass is 14.8. The minimum Gasteiger partial charge on any atom is -0.274 e. The van der Waals surface area contributed by atoms with Gasteiger partial charge in [0.25, 0.3) is 0 Å². The monoisotopic (exact) mass is 401 g/mol. The SMILES string of the molecule is CC(C)(C=C(c1ccccc1)c1ccccc1)N=C(c1ccccc1)c1ccccc1. The van der Waals surface area contributed by atoms with Gasteiger partial charge >= 0.3 is 0 Å². The molecule has 0 aliphatic heterocycles. The van der Waals surface area contributed by atoms with E-state index in [0.717, 1.165) is 16.8 Å². The molecule has 4 aromatic carbocycles. The fourth-order valence-corrected chi connectivity index (χ4v) is 3.73. The molecule has 0 heterocycles. The van der Waals surface area contributed by atoms with Crippen molar-refractivity contribution in [3.8, 4) is 0 Å². The van der Waals surface area contributed by atoms with Gasteiger partial charge in [-0.15, -0.1) is 0 Å². The van der Waals surface area contributed by atoms with E-state index in [0.29, 0.717) is 0 Å². The van der Waals surface area contributed by atoms with Crippen molar-refractivity contribution >= 4 is 11.3 Å². The predicted molar refractivity (Wildman–Crippen MR) is 133 cm³/mol. The van der Waals surface area contributed by atoms with Crippen molar-refractivity contribution in [1.82, 2.24) is 0 Å². The van der Waals surface area contributed by atoms with Crippen LogP contribution in [0.3, 0.4) is 0 Å². The van der Waals surface area contributed by atoms with Crippen LogP contribution in [-0.2, 0) is 0 Å². The first kappa shape index (κ1) is 20.6. The lowest BCUT2D eigenvalue weighted by Crippen LogP contribution is -2.19. The first-order chi connectivity index (χ1) is 15.1. The maximum atomic E-state index is 5.28. The summed E-state index contributed by atoms with van der Waals surface area (Å²) in [6.07, 6.45) is 2.28. The van der Waals surface area contributed by atoms with E-state index in [1.165, 1.54) is 16.7 Å². The number of benzene rings is 4. The standard InChI is InChI=1S/C30H27N/c1-30(2,23-28(24-15-7-3-8-16-24)25-17-9-4-10-18-25)31-29(26-19-11-5-12-20-26)27-21-13-6-14-22-27/h3-23H,1-2H3. The van der Waals surface area contributed by atoms with Crippen LogP contribution in [0.25, 0.3) is 5.57 Å². The van der Waals surface area contributed by atoms with E-state index < -0.39 is 5.54 Å². The zero-order valence-electron chi connectivity index (χ0n) is 18.1. The summed E-state index contributed by atoms with van der Waals surface area (Å²) in [5, 5.41) is 0.